The van der Waals surface area contributed by atoms with E-state index in [4.69, 9.17) is 4.74 Å². The van der Waals surface area contributed by atoms with Crippen molar-refractivity contribution in [1.29, 1.82) is 0 Å². The lowest BCUT2D eigenvalue weighted by Gasteiger charge is -2.32. The van der Waals surface area contributed by atoms with E-state index in [1.165, 1.54) is 5.56 Å². The van der Waals surface area contributed by atoms with Crippen molar-refractivity contribution in [2.24, 2.45) is 0 Å². The van der Waals surface area contributed by atoms with Crippen molar-refractivity contribution < 1.29 is 13.2 Å². The van der Waals surface area contributed by atoms with Crippen LogP contribution in [0.25, 0.3) is 0 Å². The Hall–Kier alpha value is -1.69. The summed E-state index contributed by atoms with van der Waals surface area (Å²) >= 11 is 0. The van der Waals surface area contributed by atoms with Gasteiger partial charge >= 0.3 is 0 Å². The largest absolute Gasteiger partial charge is 0.371 e. The molecule has 0 aliphatic carbocycles. The molecular formula is C20H25NO3S. The highest BCUT2D eigenvalue weighted by Gasteiger charge is 2.32. The second-order valence-electron chi connectivity index (χ2n) is 6.81. The van der Waals surface area contributed by atoms with E-state index in [0.717, 1.165) is 11.1 Å². The maximum absolute atomic E-state index is 13.0. The van der Waals surface area contributed by atoms with Crippen LogP contribution in [0.3, 0.4) is 0 Å². The van der Waals surface area contributed by atoms with Crippen LogP contribution in [0.2, 0.25) is 0 Å². The molecule has 0 spiro atoms. The summed E-state index contributed by atoms with van der Waals surface area (Å²) in [5, 5.41) is 0. The lowest BCUT2D eigenvalue weighted by molar-refractivity contribution is -0.00257. The molecule has 134 valence electrons. The highest BCUT2D eigenvalue weighted by Crippen LogP contribution is 2.28. The fourth-order valence-corrected chi connectivity index (χ4v) is 4.78. The summed E-state index contributed by atoms with van der Waals surface area (Å²) in [6.07, 6.45) is -0.228. The van der Waals surface area contributed by atoms with Crippen LogP contribution in [0.1, 0.15) is 42.6 Å². The molecule has 0 N–H and O–H groups in total. The van der Waals surface area contributed by atoms with Gasteiger partial charge in [0.25, 0.3) is 0 Å². The van der Waals surface area contributed by atoms with E-state index in [2.05, 4.69) is 26.0 Å². The van der Waals surface area contributed by atoms with E-state index in [1.807, 2.05) is 31.2 Å². The number of aryl methyl sites for hydroxylation is 1. The van der Waals surface area contributed by atoms with Crippen molar-refractivity contribution >= 4 is 10.0 Å². The van der Waals surface area contributed by atoms with Crippen molar-refractivity contribution in [2.75, 3.05) is 19.7 Å². The normalized spacial score (nSPS) is 19.3. The van der Waals surface area contributed by atoms with Crippen LogP contribution in [-0.4, -0.2) is 32.4 Å². The van der Waals surface area contributed by atoms with E-state index < -0.39 is 10.0 Å². The third-order valence-electron chi connectivity index (χ3n) is 4.72. The first-order valence-electron chi connectivity index (χ1n) is 8.67. The van der Waals surface area contributed by atoms with Gasteiger partial charge in [-0.15, -0.1) is 0 Å². The van der Waals surface area contributed by atoms with Gasteiger partial charge < -0.3 is 4.74 Å². The summed E-state index contributed by atoms with van der Waals surface area (Å²) in [6.45, 7) is 7.28. The molecule has 0 aromatic heterocycles. The Kier molecular flexibility index (Phi) is 5.27. The quantitative estimate of drug-likeness (QED) is 0.832. The molecular weight excluding hydrogens is 334 g/mol. The Bertz CT molecular complexity index is 828. The molecule has 1 unspecified atom stereocenters. The van der Waals surface area contributed by atoms with Crippen LogP contribution in [0.15, 0.2) is 53.4 Å². The highest BCUT2D eigenvalue weighted by molar-refractivity contribution is 7.89. The van der Waals surface area contributed by atoms with Crippen LogP contribution in [0.4, 0.5) is 0 Å². The van der Waals surface area contributed by atoms with Gasteiger partial charge in [0.1, 0.15) is 0 Å². The maximum atomic E-state index is 13.0. The Morgan fingerprint density at radius 3 is 2.40 bits per heavy atom. The zero-order valence-electron chi connectivity index (χ0n) is 15.0. The van der Waals surface area contributed by atoms with E-state index in [1.54, 1.807) is 16.4 Å². The number of hydrogen-bond acceptors (Lipinski definition) is 3. The number of benzene rings is 2. The highest BCUT2D eigenvalue weighted by atomic mass is 32.2. The Morgan fingerprint density at radius 1 is 1.08 bits per heavy atom. The maximum Gasteiger partial charge on any atom is 0.243 e. The standard InChI is InChI=1S/C20H25NO3S/c1-15(2)17-8-10-18(11-9-17)19-14-21(12-13-24-19)25(22,23)20-7-5-4-6-16(20)3/h4-11,15,19H,12-14H2,1-3H3. The molecule has 2 aromatic carbocycles. The second kappa shape index (κ2) is 7.28. The van der Waals surface area contributed by atoms with Gasteiger partial charge in [-0.2, -0.15) is 4.31 Å². The molecule has 5 heteroatoms. The van der Waals surface area contributed by atoms with E-state index in [0.29, 0.717) is 30.5 Å². The van der Waals surface area contributed by atoms with E-state index in [-0.39, 0.29) is 6.10 Å². The summed E-state index contributed by atoms with van der Waals surface area (Å²) in [4.78, 5) is 0.380. The monoisotopic (exact) mass is 359 g/mol. The molecule has 4 nitrogen and oxygen atoms in total. The third-order valence-corrected chi connectivity index (χ3v) is 6.74. The lowest BCUT2D eigenvalue weighted by atomic mass is 10.00. The molecule has 1 atom stereocenters. The Morgan fingerprint density at radius 2 is 1.76 bits per heavy atom. The zero-order valence-corrected chi connectivity index (χ0v) is 15.8. The van der Waals surface area contributed by atoms with Crippen molar-refractivity contribution in [3.63, 3.8) is 0 Å². The third kappa shape index (κ3) is 3.78. The van der Waals surface area contributed by atoms with Crippen molar-refractivity contribution in [1.82, 2.24) is 4.31 Å². The van der Waals surface area contributed by atoms with Gasteiger partial charge in [0, 0.05) is 13.1 Å². The SMILES string of the molecule is Cc1ccccc1S(=O)(=O)N1CCOC(c2ccc(C(C)C)cc2)C1. The first kappa shape index (κ1) is 18.1. The van der Waals surface area contributed by atoms with Gasteiger partial charge in [-0.3, -0.25) is 0 Å². The summed E-state index contributed by atoms with van der Waals surface area (Å²) < 4.78 is 33.4. The second-order valence-corrected chi connectivity index (χ2v) is 8.72. The smallest absolute Gasteiger partial charge is 0.243 e. The topological polar surface area (TPSA) is 46.6 Å². The fourth-order valence-electron chi connectivity index (χ4n) is 3.13. The van der Waals surface area contributed by atoms with Gasteiger partial charge in [0.2, 0.25) is 10.0 Å². The molecule has 2 aromatic rings. The molecule has 1 fully saturated rings. The summed E-state index contributed by atoms with van der Waals surface area (Å²) in [7, 11) is -3.50. The van der Waals surface area contributed by atoms with Crippen molar-refractivity contribution in [3.8, 4) is 0 Å². The minimum Gasteiger partial charge on any atom is -0.371 e. The predicted octanol–water partition coefficient (Wildman–Crippen LogP) is 3.88. The summed E-state index contributed by atoms with van der Waals surface area (Å²) in [5.74, 6) is 0.472. The van der Waals surface area contributed by atoms with Crippen LogP contribution < -0.4 is 0 Å². The van der Waals surface area contributed by atoms with Gasteiger partial charge in [-0.25, -0.2) is 8.42 Å². The molecule has 1 aliphatic heterocycles. The van der Waals surface area contributed by atoms with E-state index >= 15 is 0 Å². The molecule has 3 rings (SSSR count). The molecule has 0 amide bonds. The molecule has 0 radical (unpaired) electrons. The zero-order chi connectivity index (χ0) is 18.0. The minimum absolute atomic E-state index is 0.228. The number of rotatable bonds is 4. The molecule has 1 aliphatic rings. The van der Waals surface area contributed by atoms with E-state index in [9.17, 15) is 8.42 Å². The summed E-state index contributed by atoms with van der Waals surface area (Å²) in [6, 6.07) is 15.4. The number of morpholine rings is 1. The number of nitrogens with zero attached hydrogens (tertiary/aromatic N) is 1. The summed E-state index contributed by atoms with van der Waals surface area (Å²) in [5.41, 5.74) is 3.06. The average molecular weight is 359 g/mol. The van der Waals surface area contributed by atoms with Crippen molar-refractivity contribution in [3.05, 3.63) is 65.2 Å². The number of sulfonamides is 1. The molecule has 0 saturated carbocycles. The fraction of sp³-hybridized carbons (Fsp3) is 0.400. The molecule has 1 heterocycles. The average Bonchev–Trinajstić information content (AvgIpc) is 2.62. The number of hydrogen-bond donors (Lipinski definition) is 0. The molecule has 1 saturated heterocycles. The van der Waals surface area contributed by atoms with Crippen LogP contribution >= 0.6 is 0 Å². The lowest BCUT2D eigenvalue weighted by Crippen LogP contribution is -2.42. The Labute approximate surface area is 150 Å². The van der Waals surface area contributed by atoms with Gasteiger partial charge in [-0.05, 0) is 35.6 Å². The van der Waals surface area contributed by atoms with Gasteiger partial charge in [0.05, 0.1) is 17.6 Å². The molecule has 25 heavy (non-hydrogen) atoms. The predicted molar refractivity (Wildman–Crippen MR) is 99.2 cm³/mol. The minimum atomic E-state index is -3.50. The molecule has 0 bridgehead atoms. The van der Waals surface area contributed by atoms with Crippen LogP contribution in [0.5, 0.6) is 0 Å². The van der Waals surface area contributed by atoms with Gasteiger partial charge in [0.15, 0.2) is 0 Å². The van der Waals surface area contributed by atoms with Crippen LogP contribution in [-0.2, 0) is 14.8 Å². The Balaban J connectivity index is 1.82. The first-order valence-corrected chi connectivity index (χ1v) is 10.1. The first-order chi connectivity index (χ1) is 11.9. The number of ether oxygens (including phenoxy) is 1. The van der Waals surface area contributed by atoms with Crippen LogP contribution in [0, 0.1) is 6.92 Å². The van der Waals surface area contributed by atoms with Crippen molar-refractivity contribution in [2.45, 2.75) is 37.7 Å². The van der Waals surface area contributed by atoms with Gasteiger partial charge in [-0.1, -0.05) is 56.3 Å².